The first-order valence-corrected chi connectivity index (χ1v) is 6.01. The van der Waals surface area contributed by atoms with Crippen LogP contribution in [-0.4, -0.2) is 24.3 Å². The van der Waals surface area contributed by atoms with Crippen LogP contribution in [0, 0.1) is 0 Å². The predicted octanol–water partition coefficient (Wildman–Crippen LogP) is 1.30. The number of aliphatic hydroxyl groups excluding tert-OH is 1. The van der Waals surface area contributed by atoms with Gasteiger partial charge < -0.3 is 16.2 Å². The molecule has 2 rings (SSSR count). The Labute approximate surface area is 96.7 Å². The third kappa shape index (κ3) is 2.74. The van der Waals surface area contributed by atoms with E-state index in [4.69, 9.17) is 10.8 Å². The zero-order valence-corrected chi connectivity index (χ0v) is 9.58. The van der Waals surface area contributed by atoms with Crippen LogP contribution in [0.25, 0.3) is 0 Å². The average molecular weight is 220 g/mol. The van der Waals surface area contributed by atoms with Gasteiger partial charge in [-0.15, -0.1) is 0 Å². The van der Waals surface area contributed by atoms with Gasteiger partial charge >= 0.3 is 0 Å². The molecule has 16 heavy (non-hydrogen) atoms. The molecule has 0 heterocycles. The van der Waals surface area contributed by atoms with Crippen molar-refractivity contribution in [2.75, 3.05) is 18.5 Å². The molecule has 0 aromatic heterocycles. The van der Waals surface area contributed by atoms with Gasteiger partial charge in [0.15, 0.2) is 0 Å². The molecule has 0 bridgehead atoms. The molecule has 1 aromatic rings. The first kappa shape index (κ1) is 11.4. The molecule has 3 heteroatoms. The van der Waals surface area contributed by atoms with Crippen LogP contribution in [-0.2, 0) is 12.8 Å². The zero-order chi connectivity index (χ0) is 11.4. The standard InChI is InChI=1S/C13H20N2O/c14-12(9-16)8-15-13-6-5-10-3-1-2-4-11(10)7-13/h5-7,12,15-16H,1-4,8-9,14H2. The molecule has 0 spiro atoms. The van der Waals surface area contributed by atoms with Crippen LogP contribution in [0.15, 0.2) is 18.2 Å². The number of aliphatic hydroxyl groups is 1. The summed E-state index contributed by atoms with van der Waals surface area (Å²) in [7, 11) is 0. The van der Waals surface area contributed by atoms with Crippen molar-refractivity contribution in [1.82, 2.24) is 0 Å². The number of nitrogens with one attached hydrogen (secondary N) is 1. The SMILES string of the molecule is NC(CO)CNc1ccc2c(c1)CCCC2. The van der Waals surface area contributed by atoms with Crippen molar-refractivity contribution in [2.45, 2.75) is 31.7 Å². The van der Waals surface area contributed by atoms with Crippen molar-refractivity contribution in [3.8, 4) is 0 Å². The van der Waals surface area contributed by atoms with Gasteiger partial charge in [-0.2, -0.15) is 0 Å². The second-order valence-corrected chi connectivity index (χ2v) is 4.51. The molecule has 0 fully saturated rings. The minimum atomic E-state index is -0.184. The highest BCUT2D eigenvalue weighted by atomic mass is 16.3. The van der Waals surface area contributed by atoms with Gasteiger partial charge in [0.05, 0.1) is 6.61 Å². The van der Waals surface area contributed by atoms with Crippen molar-refractivity contribution in [1.29, 1.82) is 0 Å². The molecular weight excluding hydrogens is 200 g/mol. The molecular formula is C13H20N2O. The van der Waals surface area contributed by atoms with Crippen LogP contribution in [0.4, 0.5) is 5.69 Å². The van der Waals surface area contributed by atoms with E-state index < -0.39 is 0 Å². The van der Waals surface area contributed by atoms with E-state index in [1.807, 2.05) is 0 Å². The summed E-state index contributed by atoms with van der Waals surface area (Å²) >= 11 is 0. The summed E-state index contributed by atoms with van der Waals surface area (Å²) in [6, 6.07) is 6.35. The minimum absolute atomic E-state index is 0.0257. The Morgan fingerprint density at radius 2 is 2.00 bits per heavy atom. The molecule has 88 valence electrons. The fourth-order valence-electron chi connectivity index (χ4n) is 2.16. The Kier molecular flexibility index (Phi) is 3.80. The van der Waals surface area contributed by atoms with Gasteiger partial charge in [-0.3, -0.25) is 0 Å². The van der Waals surface area contributed by atoms with Crippen molar-refractivity contribution < 1.29 is 5.11 Å². The molecule has 3 nitrogen and oxygen atoms in total. The molecule has 1 aliphatic carbocycles. The lowest BCUT2D eigenvalue weighted by Crippen LogP contribution is -2.32. The van der Waals surface area contributed by atoms with Gasteiger partial charge in [0.25, 0.3) is 0 Å². The fourth-order valence-corrected chi connectivity index (χ4v) is 2.16. The maximum atomic E-state index is 8.84. The molecule has 1 atom stereocenters. The second kappa shape index (κ2) is 5.32. The Hall–Kier alpha value is -1.06. The van der Waals surface area contributed by atoms with Gasteiger partial charge in [-0.25, -0.2) is 0 Å². The number of aryl methyl sites for hydroxylation is 2. The summed E-state index contributed by atoms with van der Waals surface area (Å²) in [5.74, 6) is 0. The number of hydrogen-bond donors (Lipinski definition) is 3. The maximum Gasteiger partial charge on any atom is 0.0599 e. The van der Waals surface area contributed by atoms with Crippen LogP contribution >= 0.6 is 0 Å². The highest BCUT2D eigenvalue weighted by molar-refractivity contribution is 5.49. The lowest BCUT2D eigenvalue weighted by atomic mass is 9.91. The molecule has 0 saturated carbocycles. The number of anilines is 1. The molecule has 0 aliphatic heterocycles. The summed E-state index contributed by atoms with van der Waals surface area (Å²) in [6.07, 6.45) is 5.02. The number of rotatable bonds is 4. The Morgan fingerprint density at radius 1 is 1.25 bits per heavy atom. The van der Waals surface area contributed by atoms with E-state index in [9.17, 15) is 0 Å². The van der Waals surface area contributed by atoms with Crippen LogP contribution in [0.3, 0.4) is 0 Å². The highest BCUT2D eigenvalue weighted by Gasteiger charge is 2.09. The van der Waals surface area contributed by atoms with Crippen LogP contribution in [0.5, 0.6) is 0 Å². The van der Waals surface area contributed by atoms with Crippen LogP contribution < -0.4 is 11.1 Å². The van der Waals surface area contributed by atoms with Gasteiger partial charge in [0, 0.05) is 18.3 Å². The maximum absolute atomic E-state index is 8.84. The Balaban J connectivity index is 2.00. The topological polar surface area (TPSA) is 58.3 Å². The number of nitrogens with two attached hydrogens (primary N) is 1. The molecule has 0 radical (unpaired) electrons. The fraction of sp³-hybridized carbons (Fsp3) is 0.538. The smallest absolute Gasteiger partial charge is 0.0599 e. The lowest BCUT2D eigenvalue weighted by molar-refractivity contribution is 0.270. The largest absolute Gasteiger partial charge is 0.395 e. The van der Waals surface area contributed by atoms with Crippen LogP contribution in [0.2, 0.25) is 0 Å². The van der Waals surface area contributed by atoms with E-state index in [1.165, 1.54) is 36.8 Å². The highest BCUT2D eigenvalue weighted by Crippen LogP contribution is 2.24. The minimum Gasteiger partial charge on any atom is -0.395 e. The second-order valence-electron chi connectivity index (χ2n) is 4.51. The number of benzene rings is 1. The van der Waals surface area contributed by atoms with Crippen LogP contribution in [0.1, 0.15) is 24.0 Å². The summed E-state index contributed by atoms with van der Waals surface area (Å²) in [6.45, 7) is 0.646. The molecule has 4 N–H and O–H groups in total. The van der Waals surface area contributed by atoms with E-state index >= 15 is 0 Å². The lowest BCUT2D eigenvalue weighted by Gasteiger charge is -2.18. The molecule has 1 aromatic carbocycles. The summed E-state index contributed by atoms with van der Waals surface area (Å²) in [5, 5.41) is 12.1. The predicted molar refractivity (Wildman–Crippen MR) is 66.6 cm³/mol. The Bertz CT molecular complexity index is 352. The van der Waals surface area contributed by atoms with E-state index in [0.717, 1.165) is 5.69 Å². The van der Waals surface area contributed by atoms with Gasteiger partial charge in [-0.05, 0) is 48.9 Å². The van der Waals surface area contributed by atoms with Crippen molar-refractivity contribution >= 4 is 5.69 Å². The molecule has 1 unspecified atom stereocenters. The normalized spacial score (nSPS) is 16.6. The van der Waals surface area contributed by atoms with E-state index in [-0.39, 0.29) is 12.6 Å². The van der Waals surface area contributed by atoms with Gasteiger partial charge in [-0.1, -0.05) is 6.07 Å². The summed E-state index contributed by atoms with van der Waals surface area (Å²) in [4.78, 5) is 0. The Morgan fingerprint density at radius 3 is 2.75 bits per heavy atom. The van der Waals surface area contributed by atoms with Crippen molar-refractivity contribution in [3.05, 3.63) is 29.3 Å². The monoisotopic (exact) mass is 220 g/mol. The quantitative estimate of drug-likeness (QED) is 0.717. The van der Waals surface area contributed by atoms with Gasteiger partial charge in [0.2, 0.25) is 0 Å². The summed E-state index contributed by atoms with van der Waals surface area (Å²) < 4.78 is 0. The van der Waals surface area contributed by atoms with E-state index in [2.05, 4.69) is 23.5 Å². The average Bonchev–Trinajstić information content (AvgIpc) is 2.35. The number of fused-ring (bicyclic) bond motifs is 1. The third-order valence-electron chi connectivity index (χ3n) is 3.15. The first-order chi connectivity index (χ1) is 7.79. The van der Waals surface area contributed by atoms with Gasteiger partial charge in [0.1, 0.15) is 0 Å². The first-order valence-electron chi connectivity index (χ1n) is 6.01. The zero-order valence-electron chi connectivity index (χ0n) is 9.58. The van der Waals surface area contributed by atoms with Crippen molar-refractivity contribution in [3.63, 3.8) is 0 Å². The van der Waals surface area contributed by atoms with E-state index in [1.54, 1.807) is 0 Å². The number of hydrogen-bond acceptors (Lipinski definition) is 3. The molecule has 1 aliphatic rings. The summed E-state index contributed by atoms with van der Waals surface area (Å²) in [5.41, 5.74) is 9.72. The van der Waals surface area contributed by atoms with E-state index in [0.29, 0.717) is 6.54 Å². The molecule has 0 saturated heterocycles. The molecule has 0 amide bonds. The van der Waals surface area contributed by atoms with Crippen molar-refractivity contribution in [2.24, 2.45) is 5.73 Å². The third-order valence-corrected chi connectivity index (χ3v) is 3.15.